The van der Waals surface area contributed by atoms with Crippen LogP contribution in [0.25, 0.3) is 10.8 Å². The maximum Gasteiger partial charge on any atom is 0.224 e. The van der Waals surface area contributed by atoms with Gasteiger partial charge in [0.05, 0.1) is 6.42 Å². The maximum absolute atomic E-state index is 12.3. The summed E-state index contributed by atoms with van der Waals surface area (Å²) in [5, 5.41) is 19.8. The van der Waals surface area contributed by atoms with E-state index < -0.39 is 0 Å². The highest BCUT2D eigenvalue weighted by molar-refractivity contribution is 5.90. The number of aromatic nitrogens is 3. The van der Waals surface area contributed by atoms with Gasteiger partial charge in [0, 0.05) is 19.3 Å². The fourth-order valence-electron chi connectivity index (χ4n) is 3.30. The van der Waals surface area contributed by atoms with Crippen LogP contribution in [0, 0.1) is 6.92 Å². The molecule has 0 unspecified atom stereocenters. The van der Waals surface area contributed by atoms with Crippen molar-refractivity contribution >= 4 is 34.1 Å². The second kappa shape index (κ2) is 9.67. The highest BCUT2D eigenvalue weighted by atomic mass is 16.1. The van der Waals surface area contributed by atoms with Crippen molar-refractivity contribution in [2.75, 3.05) is 23.7 Å². The van der Waals surface area contributed by atoms with E-state index in [-0.39, 0.29) is 5.91 Å². The van der Waals surface area contributed by atoms with Crippen LogP contribution in [-0.4, -0.2) is 34.2 Å². The average molecular weight is 412 g/mol. The number of benzene rings is 2. The van der Waals surface area contributed by atoms with Crippen molar-refractivity contribution in [3.8, 4) is 0 Å². The smallest absolute Gasteiger partial charge is 0.224 e. The second-order valence-electron chi connectivity index (χ2n) is 7.24. The second-order valence-corrected chi connectivity index (χ2v) is 7.24. The number of hydrogen-bond acceptors (Lipinski definition) is 6. The monoisotopic (exact) mass is 412 g/mol. The van der Waals surface area contributed by atoms with Crippen LogP contribution in [0.3, 0.4) is 0 Å². The third kappa shape index (κ3) is 5.54. The summed E-state index contributed by atoms with van der Waals surface area (Å²) in [6, 6.07) is 21.7. The Labute approximate surface area is 180 Å². The third-order valence-corrected chi connectivity index (χ3v) is 4.82. The Morgan fingerprint density at radius 1 is 0.871 bits per heavy atom. The van der Waals surface area contributed by atoms with Crippen LogP contribution in [0.4, 0.5) is 17.5 Å². The number of aryl methyl sites for hydroxylation is 1. The van der Waals surface area contributed by atoms with E-state index in [4.69, 9.17) is 0 Å². The zero-order valence-corrected chi connectivity index (χ0v) is 17.3. The minimum Gasteiger partial charge on any atom is -0.367 e. The standard InChI is InChI=1S/C24H24N6O/c1-17-11-12-25-23(15-17)28-22-10-9-21(29-30-22)26-13-14-27-24(31)16-19-7-4-6-18-5-2-3-8-20(18)19/h2-12,15H,13-14,16H2,1H3,(H,26,29)(H,27,31)(H,25,28,30). The number of anilines is 3. The molecule has 0 aliphatic heterocycles. The summed E-state index contributed by atoms with van der Waals surface area (Å²) >= 11 is 0. The van der Waals surface area contributed by atoms with Gasteiger partial charge in [-0.25, -0.2) is 4.98 Å². The summed E-state index contributed by atoms with van der Waals surface area (Å²) in [6.45, 7) is 3.06. The molecule has 0 radical (unpaired) electrons. The fourth-order valence-corrected chi connectivity index (χ4v) is 3.30. The number of fused-ring (bicyclic) bond motifs is 1. The number of pyridine rings is 1. The molecule has 2 heterocycles. The lowest BCUT2D eigenvalue weighted by Gasteiger charge is -2.09. The van der Waals surface area contributed by atoms with Crippen LogP contribution in [-0.2, 0) is 11.2 Å². The fraction of sp³-hybridized carbons (Fsp3) is 0.167. The van der Waals surface area contributed by atoms with Crippen molar-refractivity contribution in [1.29, 1.82) is 0 Å². The van der Waals surface area contributed by atoms with Crippen molar-refractivity contribution in [2.24, 2.45) is 0 Å². The molecule has 0 fully saturated rings. The topological polar surface area (TPSA) is 91.8 Å². The van der Waals surface area contributed by atoms with Gasteiger partial charge in [-0.1, -0.05) is 42.5 Å². The van der Waals surface area contributed by atoms with Gasteiger partial charge in [-0.2, -0.15) is 0 Å². The molecule has 31 heavy (non-hydrogen) atoms. The molecule has 2 aromatic carbocycles. The Balaban J connectivity index is 1.22. The third-order valence-electron chi connectivity index (χ3n) is 4.82. The Kier molecular flexibility index (Phi) is 6.32. The minimum atomic E-state index is -0.00515. The highest BCUT2D eigenvalue weighted by Gasteiger charge is 2.06. The first-order valence-corrected chi connectivity index (χ1v) is 10.2. The van der Waals surface area contributed by atoms with Gasteiger partial charge in [0.25, 0.3) is 0 Å². The van der Waals surface area contributed by atoms with Gasteiger partial charge in [0.1, 0.15) is 11.6 Å². The van der Waals surface area contributed by atoms with Gasteiger partial charge in [0.15, 0.2) is 5.82 Å². The SMILES string of the molecule is Cc1ccnc(Nc2ccc(NCCNC(=O)Cc3cccc4ccccc34)nn2)c1. The Morgan fingerprint density at radius 3 is 2.52 bits per heavy atom. The van der Waals surface area contributed by atoms with Gasteiger partial charge in [-0.15, -0.1) is 10.2 Å². The number of amides is 1. The maximum atomic E-state index is 12.3. The molecule has 156 valence electrons. The van der Waals surface area contributed by atoms with Crippen molar-refractivity contribution in [3.05, 3.63) is 84.1 Å². The van der Waals surface area contributed by atoms with E-state index >= 15 is 0 Å². The minimum absolute atomic E-state index is 0.00515. The molecule has 0 saturated carbocycles. The van der Waals surface area contributed by atoms with Gasteiger partial charge in [-0.05, 0) is 53.1 Å². The molecule has 4 aromatic rings. The van der Waals surface area contributed by atoms with Crippen LogP contribution in [0.2, 0.25) is 0 Å². The van der Waals surface area contributed by atoms with Gasteiger partial charge >= 0.3 is 0 Å². The summed E-state index contributed by atoms with van der Waals surface area (Å²) in [5.41, 5.74) is 2.15. The molecule has 0 bridgehead atoms. The number of hydrogen-bond donors (Lipinski definition) is 3. The number of carbonyl (C=O) groups is 1. The molecule has 7 nitrogen and oxygen atoms in total. The van der Waals surface area contributed by atoms with Crippen LogP contribution in [0.15, 0.2) is 72.9 Å². The van der Waals surface area contributed by atoms with E-state index in [2.05, 4.69) is 43.3 Å². The van der Waals surface area contributed by atoms with Crippen molar-refractivity contribution in [1.82, 2.24) is 20.5 Å². The Morgan fingerprint density at radius 2 is 1.68 bits per heavy atom. The van der Waals surface area contributed by atoms with E-state index in [1.165, 1.54) is 0 Å². The molecule has 4 rings (SSSR count). The van der Waals surface area contributed by atoms with E-state index in [1.807, 2.05) is 61.5 Å². The first kappa shape index (κ1) is 20.3. The predicted molar refractivity (Wildman–Crippen MR) is 123 cm³/mol. The van der Waals surface area contributed by atoms with Crippen molar-refractivity contribution < 1.29 is 4.79 Å². The van der Waals surface area contributed by atoms with Gasteiger partial charge < -0.3 is 16.0 Å². The molecular formula is C24H24N6O. The average Bonchev–Trinajstić information content (AvgIpc) is 2.78. The summed E-state index contributed by atoms with van der Waals surface area (Å²) in [7, 11) is 0. The van der Waals surface area contributed by atoms with E-state index in [0.29, 0.717) is 31.1 Å². The van der Waals surface area contributed by atoms with Crippen LogP contribution >= 0.6 is 0 Å². The molecule has 2 aromatic heterocycles. The quantitative estimate of drug-likeness (QED) is 0.381. The summed E-state index contributed by atoms with van der Waals surface area (Å²) in [6.07, 6.45) is 2.10. The van der Waals surface area contributed by atoms with Crippen LogP contribution in [0.1, 0.15) is 11.1 Å². The number of carbonyl (C=O) groups excluding carboxylic acids is 1. The lowest BCUT2D eigenvalue weighted by Crippen LogP contribution is -2.30. The Hall–Kier alpha value is -4.00. The molecule has 0 atom stereocenters. The van der Waals surface area contributed by atoms with E-state index in [9.17, 15) is 4.79 Å². The highest BCUT2D eigenvalue weighted by Crippen LogP contribution is 2.19. The molecule has 0 aliphatic rings. The number of rotatable bonds is 8. The molecule has 7 heteroatoms. The van der Waals surface area contributed by atoms with E-state index in [0.717, 1.165) is 27.7 Å². The van der Waals surface area contributed by atoms with E-state index in [1.54, 1.807) is 6.20 Å². The molecule has 1 amide bonds. The number of nitrogens with zero attached hydrogens (tertiary/aromatic N) is 3. The molecule has 3 N–H and O–H groups in total. The largest absolute Gasteiger partial charge is 0.367 e. The lowest BCUT2D eigenvalue weighted by molar-refractivity contribution is -0.120. The predicted octanol–water partition coefficient (Wildman–Crippen LogP) is 3.85. The normalized spacial score (nSPS) is 10.6. The lowest BCUT2D eigenvalue weighted by atomic mass is 10.0. The molecule has 0 spiro atoms. The summed E-state index contributed by atoms with van der Waals surface area (Å²) in [4.78, 5) is 16.6. The zero-order valence-electron chi connectivity index (χ0n) is 17.3. The molecule has 0 aliphatic carbocycles. The van der Waals surface area contributed by atoms with Crippen molar-refractivity contribution in [2.45, 2.75) is 13.3 Å². The van der Waals surface area contributed by atoms with Crippen LogP contribution in [0.5, 0.6) is 0 Å². The summed E-state index contributed by atoms with van der Waals surface area (Å²) < 4.78 is 0. The van der Waals surface area contributed by atoms with Crippen molar-refractivity contribution in [3.63, 3.8) is 0 Å². The van der Waals surface area contributed by atoms with Crippen LogP contribution < -0.4 is 16.0 Å². The number of nitrogens with one attached hydrogen (secondary N) is 3. The molecular weight excluding hydrogens is 388 g/mol. The molecule has 0 saturated heterocycles. The first-order valence-electron chi connectivity index (χ1n) is 10.2. The summed E-state index contributed by atoms with van der Waals surface area (Å²) in [5.74, 6) is 1.98. The van der Waals surface area contributed by atoms with Gasteiger partial charge in [0.2, 0.25) is 5.91 Å². The zero-order chi connectivity index (χ0) is 21.5. The Bertz CT molecular complexity index is 1170. The van der Waals surface area contributed by atoms with Gasteiger partial charge in [-0.3, -0.25) is 4.79 Å². The first-order chi connectivity index (χ1) is 15.2.